The van der Waals surface area contributed by atoms with E-state index in [0.717, 1.165) is 5.56 Å². The number of likely N-dealkylation sites (tertiary alicyclic amines) is 1. The van der Waals surface area contributed by atoms with E-state index in [4.69, 9.17) is 23.2 Å². The van der Waals surface area contributed by atoms with Crippen molar-refractivity contribution >= 4 is 52.2 Å². The first-order valence-electron chi connectivity index (χ1n) is 11.1. The lowest BCUT2D eigenvalue weighted by Gasteiger charge is -2.34. The summed E-state index contributed by atoms with van der Waals surface area (Å²) in [6, 6.07) is 15.9. The average molecular weight is 525 g/mol. The van der Waals surface area contributed by atoms with Crippen LogP contribution in [0.1, 0.15) is 27.5 Å². The predicted molar refractivity (Wildman–Crippen MR) is 138 cm³/mol. The van der Waals surface area contributed by atoms with Crippen molar-refractivity contribution in [2.75, 3.05) is 25.0 Å². The van der Waals surface area contributed by atoms with Gasteiger partial charge in [-0.05, 0) is 59.8 Å². The van der Waals surface area contributed by atoms with Crippen LogP contribution in [0.15, 0.2) is 53.9 Å². The predicted octanol–water partition coefficient (Wildman–Crippen LogP) is 5.67. The highest BCUT2D eigenvalue weighted by Crippen LogP contribution is 2.47. The van der Waals surface area contributed by atoms with Crippen molar-refractivity contribution in [3.63, 3.8) is 0 Å². The van der Waals surface area contributed by atoms with Gasteiger partial charge in [0.1, 0.15) is 5.54 Å². The summed E-state index contributed by atoms with van der Waals surface area (Å²) < 4.78 is 0. The number of rotatable bonds is 4. The molecule has 0 aliphatic carbocycles. The number of thiophene rings is 1. The lowest BCUT2D eigenvalue weighted by molar-refractivity contribution is -0.124. The topological polar surface area (TPSA) is 67.6 Å². The first-order valence-corrected chi connectivity index (χ1v) is 12.7. The minimum atomic E-state index is -1.10. The molecular formula is C26H22Cl2N4O2S. The van der Waals surface area contributed by atoms with Gasteiger partial charge in [0.25, 0.3) is 5.91 Å². The van der Waals surface area contributed by atoms with E-state index < -0.39 is 11.6 Å². The number of nitrogens with zero attached hydrogens (tertiary/aromatic N) is 4. The minimum Gasteiger partial charge on any atom is -0.310 e. The lowest BCUT2D eigenvalue weighted by atomic mass is 9.80. The van der Waals surface area contributed by atoms with E-state index in [0.29, 0.717) is 40.9 Å². The molecule has 35 heavy (non-hydrogen) atoms. The number of urea groups is 1. The largest absolute Gasteiger partial charge is 0.332 e. The number of benzene rings is 2. The number of halogens is 2. The van der Waals surface area contributed by atoms with Gasteiger partial charge in [-0.15, -0.1) is 11.3 Å². The lowest BCUT2D eigenvalue weighted by Crippen LogP contribution is -2.53. The number of imide groups is 1. The van der Waals surface area contributed by atoms with Crippen LogP contribution >= 0.6 is 34.5 Å². The van der Waals surface area contributed by atoms with Crippen molar-refractivity contribution < 1.29 is 9.59 Å². The third-order valence-electron chi connectivity index (χ3n) is 6.84. The van der Waals surface area contributed by atoms with Gasteiger partial charge in [-0.25, -0.2) is 9.69 Å². The van der Waals surface area contributed by atoms with Crippen LogP contribution in [0.3, 0.4) is 0 Å². The zero-order chi connectivity index (χ0) is 24.9. The van der Waals surface area contributed by atoms with Crippen LogP contribution in [-0.2, 0) is 11.3 Å². The fraction of sp³-hybridized carbons (Fsp3) is 0.269. The van der Waals surface area contributed by atoms with Crippen molar-refractivity contribution in [3.05, 3.63) is 85.5 Å². The number of amides is 3. The maximum Gasteiger partial charge on any atom is 0.332 e. The molecule has 3 heterocycles. The number of carbonyl (C=O) groups is 2. The number of hydrogen-bond donors (Lipinski definition) is 0. The summed E-state index contributed by atoms with van der Waals surface area (Å²) in [5.74, 6) is -0.583. The molecule has 0 N–H and O–H groups in total. The molecule has 2 aliphatic rings. The van der Waals surface area contributed by atoms with Crippen molar-refractivity contribution in [2.45, 2.75) is 24.9 Å². The molecule has 9 heteroatoms. The quantitative estimate of drug-likeness (QED) is 0.412. The van der Waals surface area contributed by atoms with Gasteiger partial charge in [0.05, 0.1) is 17.3 Å². The highest BCUT2D eigenvalue weighted by molar-refractivity contribution is 7.10. The molecule has 1 aromatic heterocycles. The van der Waals surface area contributed by atoms with Gasteiger partial charge in [0.15, 0.2) is 0 Å². The van der Waals surface area contributed by atoms with Crippen LogP contribution in [0, 0.1) is 18.3 Å². The summed E-state index contributed by atoms with van der Waals surface area (Å²) >= 11 is 14.1. The van der Waals surface area contributed by atoms with Crippen molar-refractivity contribution in [1.82, 2.24) is 9.80 Å². The monoisotopic (exact) mass is 524 g/mol. The second kappa shape index (κ2) is 8.96. The fourth-order valence-electron chi connectivity index (χ4n) is 5.21. The summed E-state index contributed by atoms with van der Waals surface area (Å²) in [5, 5.41) is 12.0. The number of aryl methyl sites for hydroxylation is 1. The molecule has 6 nitrogen and oxygen atoms in total. The van der Waals surface area contributed by atoms with E-state index >= 15 is 0 Å². The van der Waals surface area contributed by atoms with Crippen LogP contribution in [0.4, 0.5) is 10.5 Å². The van der Waals surface area contributed by atoms with E-state index in [2.05, 4.69) is 29.3 Å². The Morgan fingerprint density at radius 2 is 1.80 bits per heavy atom. The Balaban J connectivity index is 1.58. The Morgan fingerprint density at radius 3 is 2.40 bits per heavy atom. The Hall–Kier alpha value is -2.89. The molecule has 2 aromatic carbocycles. The molecule has 2 saturated heterocycles. The van der Waals surface area contributed by atoms with Gasteiger partial charge in [0, 0.05) is 47.5 Å². The molecule has 2 aliphatic heterocycles. The zero-order valence-corrected chi connectivity index (χ0v) is 21.5. The third-order valence-corrected chi connectivity index (χ3v) is 8.32. The van der Waals surface area contributed by atoms with Gasteiger partial charge < -0.3 is 4.90 Å². The molecule has 0 radical (unpaired) electrons. The normalized spacial score (nSPS) is 22.4. The van der Waals surface area contributed by atoms with Crippen LogP contribution in [0.25, 0.3) is 0 Å². The summed E-state index contributed by atoms with van der Waals surface area (Å²) in [4.78, 5) is 33.9. The summed E-state index contributed by atoms with van der Waals surface area (Å²) in [7, 11) is 1.68. The molecular weight excluding hydrogens is 503 g/mol. The van der Waals surface area contributed by atoms with E-state index in [1.54, 1.807) is 53.6 Å². The molecule has 0 unspecified atom stereocenters. The molecule has 2 atom stereocenters. The molecule has 1 spiro atoms. The zero-order valence-electron chi connectivity index (χ0n) is 19.2. The SMILES string of the molecule is Cc1csc(CN2C[C@@H](c3ccc(C#N)cc3)[C@]3(C2)C(=O)N(c2cc(Cl)cc(Cl)c2)C(=O)N3C)c1. The minimum absolute atomic E-state index is 0.280. The van der Waals surface area contributed by atoms with E-state index in [1.807, 2.05) is 12.1 Å². The maximum absolute atomic E-state index is 14.2. The number of likely N-dealkylation sites (N-methyl/N-ethyl adjacent to an activating group) is 1. The Bertz CT molecular complexity index is 1350. The number of nitriles is 1. The molecule has 2 fully saturated rings. The summed E-state index contributed by atoms with van der Waals surface area (Å²) in [6.07, 6.45) is 0. The van der Waals surface area contributed by atoms with Crippen molar-refractivity contribution in [1.29, 1.82) is 5.26 Å². The second-order valence-corrected chi connectivity index (χ2v) is 10.9. The van der Waals surface area contributed by atoms with Crippen LogP contribution in [0.5, 0.6) is 0 Å². The second-order valence-electron chi connectivity index (χ2n) is 9.08. The van der Waals surface area contributed by atoms with Gasteiger partial charge >= 0.3 is 6.03 Å². The van der Waals surface area contributed by atoms with E-state index in [9.17, 15) is 14.9 Å². The van der Waals surface area contributed by atoms with Crippen LogP contribution in [-0.4, -0.2) is 47.4 Å². The van der Waals surface area contributed by atoms with Crippen LogP contribution in [0.2, 0.25) is 10.0 Å². The average Bonchev–Trinajstić information content (AvgIpc) is 3.46. The summed E-state index contributed by atoms with van der Waals surface area (Å²) in [5.41, 5.74) is 1.91. The number of hydrogen-bond acceptors (Lipinski definition) is 5. The third kappa shape index (κ3) is 4.01. The Kier molecular flexibility index (Phi) is 6.10. The Labute approximate surface area is 217 Å². The first kappa shape index (κ1) is 23.8. The van der Waals surface area contributed by atoms with Gasteiger partial charge in [-0.1, -0.05) is 35.3 Å². The van der Waals surface area contributed by atoms with E-state index in [-0.39, 0.29) is 11.8 Å². The first-order chi connectivity index (χ1) is 16.7. The Morgan fingerprint density at radius 1 is 1.11 bits per heavy atom. The smallest absolute Gasteiger partial charge is 0.310 e. The van der Waals surface area contributed by atoms with Crippen LogP contribution < -0.4 is 4.90 Å². The van der Waals surface area contributed by atoms with Gasteiger partial charge in [-0.3, -0.25) is 9.69 Å². The molecule has 3 amide bonds. The van der Waals surface area contributed by atoms with E-state index in [1.165, 1.54) is 15.3 Å². The number of carbonyl (C=O) groups excluding carboxylic acids is 2. The fourth-order valence-corrected chi connectivity index (χ4v) is 6.64. The molecule has 0 bridgehead atoms. The molecule has 178 valence electrons. The molecule has 3 aromatic rings. The summed E-state index contributed by atoms with van der Waals surface area (Å²) in [6.45, 7) is 3.73. The molecule has 0 saturated carbocycles. The van der Waals surface area contributed by atoms with Crippen molar-refractivity contribution in [3.8, 4) is 6.07 Å². The van der Waals surface area contributed by atoms with Gasteiger partial charge in [-0.2, -0.15) is 5.26 Å². The van der Waals surface area contributed by atoms with Gasteiger partial charge in [0.2, 0.25) is 0 Å². The molecule has 5 rings (SSSR count). The highest BCUT2D eigenvalue weighted by atomic mass is 35.5. The number of anilines is 1. The van der Waals surface area contributed by atoms with Crippen molar-refractivity contribution in [2.24, 2.45) is 0 Å². The maximum atomic E-state index is 14.2. The highest BCUT2D eigenvalue weighted by Gasteiger charge is 2.64. The standard InChI is InChI=1S/C26H22Cl2N4O2S/c1-16-7-22(35-14-16)12-31-13-23(18-5-3-17(11-29)4-6-18)26(15-31)24(33)32(25(34)30(26)2)21-9-19(27)8-20(28)10-21/h3-10,14,23H,12-13,15H2,1-2H3/t23-,26+/m0/s1.